The molecule has 1 aromatic heterocycles. The van der Waals surface area contributed by atoms with Crippen LogP contribution in [0.2, 0.25) is 5.02 Å². The number of carbonyl (C=O) groups excluding carboxylic acids is 1. The normalized spacial score (nSPS) is 10.3. The highest BCUT2D eigenvalue weighted by Gasteiger charge is 2.11. The molecule has 2 N–H and O–H groups in total. The zero-order chi connectivity index (χ0) is 13.1. The molecule has 5 nitrogen and oxygen atoms in total. The monoisotopic (exact) mass is 266 g/mol. The first-order valence-electron chi connectivity index (χ1n) is 5.25. The Morgan fingerprint density at radius 2 is 2.28 bits per heavy atom. The van der Waals surface area contributed by atoms with Gasteiger partial charge in [-0.3, -0.25) is 4.79 Å². The highest BCUT2D eigenvalue weighted by molar-refractivity contribution is 6.33. The fraction of sp³-hybridized carbons (Fsp3) is 0.167. The quantitative estimate of drug-likeness (QED) is 0.894. The lowest BCUT2D eigenvalue weighted by Gasteiger charge is -2.05. The zero-order valence-corrected chi connectivity index (χ0v) is 10.4. The van der Waals surface area contributed by atoms with Gasteiger partial charge in [0.15, 0.2) is 0 Å². The van der Waals surface area contributed by atoms with E-state index in [0.717, 1.165) is 0 Å². The fourth-order valence-corrected chi connectivity index (χ4v) is 1.66. The Morgan fingerprint density at radius 3 is 2.94 bits per heavy atom. The van der Waals surface area contributed by atoms with Crippen LogP contribution in [-0.4, -0.2) is 16.2 Å². The van der Waals surface area contributed by atoms with Crippen molar-refractivity contribution in [1.82, 2.24) is 10.5 Å². The Labute approximate surface area is 108 Å². The molecule has 0 saturated carbocycles. The molecular formula is C12H11ClN2O3. The summed E-state index contributed by atoms with van der Waals surface area (Å²) in [7, 11) is 0. The third-order valence-electron chi connectivity index (χ3n) is 2.30. The first kappa shape index (κ1) is 12.4. The number of rotatable bonds is 3. The van der Waals surface area contributed by atoms with Gasteiger partial charge in [0.05, 0.1) is 17.1 Å². The van der Waals surface area contributed by atoms with E-state index in [4.69, 9.17) is 16.1 Å². The molecule has 2 aromatic rings. The third-order valence-corrected chi connectivity index (χ3v) is 2.63. The average molecular weight is 267 g/mol. The van der Waals surface area contributed by atoms with Gasteiger partial charge >= 0.3 is 0 Å². The molecule has 18 heavy (non-hydrogen) atoms. The number of aryl methyl sites for hydroxylation is 1. The van der Waals surface area contributed by atoms with Crippen molar-refractivity contribution in [2.75, 3.05) is 0 Å². The Balaban J connectivity index is 2.05. The molecule has 1 heterocycles. The summed E-state index contributed by atoms with van der Waals surface area (Å²) in [6.45, 7) is 2.01. The van der Waals surface area contributed by atoms with Crippen molar-refractivity contribution < 1.29 is 14.4 Å². The maximum atomic E-state index is 11.8. The maximum Gasteiger partial charge on any atom is 0.253 e. The number of halogens is 1. The number of nitrogens with zero attached hydrogens (tertiary/aromatic N) is 1. The predicted octanol–water partition coefficient (Wildman–Crippen LogP) is 2.27. The van der Waals surface area contributed by atoms with Gasteiger partial charge in [-0.05, 0) is 25.1 Å². The molecule has 0 bridgehead atoms. The summed E-state index contributed by atoms with van der Waals surface area (Å²) >= 11 is 5.87. The molecule has 0 aliphatic rings. The molecule has 94 valence electrons. The van der Waals surface area contributed by atoms with Crippen molar-refractivity contribution in [1.29, 1.82) is 0 Å². The van der Waals surface area contributed by atoms with Crippen LogP contribution in [0.5, 0.6) is 5.75 Å². The van der Waals surface area contributed by atoms with Crippen LogP contribution in [0.25, 0.3) is 0 Å². The summed E-state index contributed by atoms with van der Waals surface area (Å²) < 4.78 is 4.88. The molecule has 6 heteroatoms. The van der Waals surface area contributed by atoms with Gasteiger partial charge in [0.25, 0.3) is 5.91 Å². The van der Waals surface area contributed by atoms with E-state index in [-0.39, 0.29) is 28.8 Å². The average Bonchev–Trinajstić information content (AvgIpc) is 2.75. The van der Waals surface area contributed by atoms with E-state index in [2.05, 4.69) is 10.5 Å². The van der Waals surface area contributed by atoms with Gasteiger partial charge in [-0.1, -0.05) is 16.8 Å². The maximum absolute atomic E-state index is 11.8. The number of phenolic OH excluding ortho intramolecular Hbond substituents is 1. The number of phenols is 1. The third kappa shape index (κ3) is 2.81. The van der Waals surface area contributed by atoms with E-state index < -0.39 is 0 Å². The van der Waals surface area contributed by atoms with Gasteiger partial charge in [0.2, 0.25) is 0 Å². The Kier molecular flexibility index (Phi) is 3.53. The highest BCUT2D eigenvalue weighted by Crippen LogP contribution is 2.21. The van der Waals surface area contributed by atoms with Crippen molar-refractivity contribution in [3.8, 4) is 5.75 Å². The number of aromatic nitrogens is 1. The minimum absolute atomic E-state index is 0.0122. The summed E-state index contributed by atoms with van der Waals surface area (Å²) in [5.74, 6) is 0.285. The van der Waals surface area contributed by atoms with Crippen molar-refractivity contribution in [3.63, 3.8) is 0 Å². The lowest BCUT2D eigenvalue weighted by molar-refractivity contribution is 0.0950. The van der Waals surface area contributed by atoms with Gasteiger partial charge < -0.3 is 14.9 Å². The largest absolute Gasteiger partial charge is 0.508 e. The number of benzene rings is 1. The predicted molar refractivity (Wildman–Crippen MR) is 65.5 cm³/mol. The summed E-state index contributed by atoms with van der Waals surface area (Å²) in [5, 5.41) is 16.0. The van der Waals surface area contributed by atoms with Gasteiger partial charge in [-0.25, -0.2) is 0 Å². The number of hydrogen-bond acceptors (Lipinski definition) is 4. The van der Waals surface area contributed by atoms with Gasteiger partial charge in [0, 0.05) is 6.07 Å². The van der Waals surface area contributed by atoms with Crippen LogP contribution < -0.4 is 5.32 Å². The number of nitrogens with one attached hydrogen (secondary N) is 1. The van der Waals surface area contributed by atoms with Crippen LogP contribution in [0.15, 0.2) is 28.8 Å². The smallest absolute Gasteiger partial charge is 0.253 e. The van der Waals surface area contributed by atoms with Crippen LogP contribution in [0.1, 0.15) is 21.8 Å². The zero-order valence-electron chi connectivity index (χ0n) is 9.61. The van der Waals surface area contributed by atoms with Crippen molar-refractivity contribution in [2.24, 2.45) is 0 Å². The van der Waals surface area contributed by atoms with Crippen LogP contribution in [0, 0.1) is 6.92 Å². The molecule has 0 aliphatic carbocycles. The Bertz CT molecular complexity index is 580. The number of carbonyl (C=O) groups is 1. The van der Waals surface area contributed by atoms with Crippen LogP contribution in [-0.2, 0) is 6.54 Å². The lowest BCUT2D eigenvalue weighted by Crippen LogP contribution is -2.23. The molecule has 0 unspecified atom stereocenters. The lowest BCUT2D eigenvalue weighted by atomic mass is 10.2. The van der Waals surface area contributed by atoms with Crippen LogP contribution in [0.4, 0.5) is 0 Å². The number of aromatic hydroxyl groups is 1. The molecule has 0 spiro atoms. The fourth-order valence-electron chi connectivity index (χ4n) is 1.45. The highest BCUT2D eigenvalue weighted by atomic mass is 35.5. The number of amides is 1. The standard InChI is InChI=1S/C12H11ClN2O3/c1-7-4-8(15-18-7)6-14-12(17)10-5-9(16)2-3-11(10)13/h2-5,16H,6H2,1H3,(H,14,17). The molecule has 1 aromatic carbocycles. The topological polar surface area (TPSA) is 75.4 Å². The second-order valence-corrected chi connectivity index (χ2v) is 4.18. The van der Waals surface area contributed by atoms with Crippen molar-refractivity contribution >= 4 is 17.5 Å². The minimum Gasteiger partial charge on any atom is -0.508 e. The number of hydrogen-bond donors (Lipinski definition) is 2. The second kappa shape index (κ2) is 5.10. The Morgan fingerprint density at radius 1 is 1.50 bits per heavy atom. The van der Waals surface area contributed by atoms with E-state index in [1.807, 2.05) is 0 Å². The van der Waals surface area contributed by atoms with Gasteiger partial charge in [0.1, 0.15) is 17.2 Å². The molecule has 0 radical (unpaired) electrons. The molecule has 2 rings (SSSR count). The summed E-state index contributed by atoms with van der Waals surface area (Å²) in [4.78, 5) is 11.8. The molecular weight excluding hydrogens is 256 g/mol. The van der Waals surface area contributed by atoms with Crippen molar-refractivity contribution in [3.05, 3.63) is 46.3 Å². The van der Waals surface area contributed by atoms with E-state index in [1.165, 1.54) is 18.2 Å². The van der Waals surface area contributed by atoms with Crippen LogP contribution in [0.3, 0.4) is 0 Å². The minimum atomic E-state index is -0.378. The second-order valence-electron chi connectivity index (χ2n) is 3.78. The summed E-state index contributed by atoms with van der Waals surface area (Å²) in [6.07, 6.45) is 0. The van der Waals surface area contributed by atoms with Crippen LogP contribution >= 0.6 is 11.6 Å². The first-order valence-corrected chi connectivity index (χ1v) is 5.63. The van der Waals surface area contributed by atoms with Gasteiger partial charge in [-0.15, -0.1) is 0 Å². The SMILES string of the molecule is Cc1cc(CNC(=O)c2cc(O)ccc2Cl)no1. The summed E-state index contributed by atoms with van der Waals surface area (Å²) in [5.41, 5.74) is 0.842. The van der Waals surface area contributed by atoms with Crippen molar-refractivity contribution in [2.45, 2.75) is 13.5 Å². The van der Waals surface area contributed by atoms with E-state index in [0.29, 0.717) is 11.5 Å². The molecule has 0 atom stereocenters. The van der Waals surface area contributed by atoms with E-state index >= 15 is 0 Å². The summed E-state index contributed by atoms with van der Waals surface area (Å²) in [6, 6.07) is 5.92. The Hall–Kier alpha value is -2.01. The molecule has 0 aliphatic heterocycles. The molecule has 0 fully saturated rings. The molecule has 1 amide bonds. The van der Waals surface area contributed by atoms with E-state index in [9.17, 15) is 9.90 Å². The first-order chi connectivity index (χ1) is 8.56. The van der Waals surface area contributed by atoms with Gasteiger partial charge in [-0.2, -0.15) is 0 Å². The molecule has 0 saturated heterocycles. The van der Waals surface area contributed by atoms with E-state index in [1.54, 1.807) is 13.0 Å².